The van der Waals surface area contributed by atoms with Gasteiger partial charge in [0.15, 0.2) is 0 Å². The molecule has 0 spiro atoms. The van der Waals surface area contributed by atoms with Crippen molar-refractivity contribution in [2.75, 3.05) is 0 Å². The molecule has 0 fully saturated rings. The zero-order chi connectivity index (χ0) is 63.2. The fourth-order valence-electron chi connectivity index (χ4n) is 19.1. The van der Waals surface area contributed by atoms with Crippen LogP contribution < -0.4 is 0 Å². The first-order valence-corrected chi connectivity index (χ1v) is 34.7. The number of furan rings is 2. The number of fused-ring (bicyclic) bond motifs is 30. The Morgan fingerprint density at radius 2 is 0.948 bits per heavy atom. The summed E-state index contributed by atoms with van der Waals surface area (Å²) in [7, 11) is 0. The van der Waals surface area contributed by atoms with Gasteiger partial charge in [-0.15, -0.1) is 11.3 Å². The molecule has 4 aliphatic rings. The number of para-hydroxylation sites is 3. The topological polar surface area (TPSA) is 36.1 Å². The second-order valence-corrected chi connectivity index (χ2v) is 29.4. The largest absolute Gasteiger partial charge is 0.456 e. The molecule has 5 aromatic heterocycles. The average molecular weight is 1250 g/mol. The monoisotopic (exact) mass is 1240 g/mol. The lowest BCUT2D eigenvalue weighted by atomic mass is 9.67. The molecule has 0 amide bonds. The number of hydrogen-bond acceptors (Lipinski definition) is 3. The highest BCUT2D eigenvalue weighted by molar-refractivity contribution is 7.26. The van der Waals surface area contributed by atoms with E-state index < -0.39 is 10.8 Å². The molecule has 0 saturated carbocycles. The lowest BCUT2D eigenvalue weighted by Gasteiger charge is -2.34. The summed E-state index contributed by atoms with van der Waals surface area (Å²) >= 11 is 1.90. The van der Waals surface area contributed by atoms with E-state index in [1.54, 1.807) is 0 Å². The fourth-order valence-corrected chi connectivity index (χ4v) is 20.3. The number of rotatable bonds is 5. The van der Waals surface area contributed by atoms with Gasteiger partial charge in [0.2, 0.25) is 0 Å². The third kappa shape index (κ3) is 6.50. The van der Waals surface area contributed by atoms with Gasteiger partial charge in [-0.25, -0.2) is 0 Å². The molecule has 96 heavy (non-hydrogen) atoms. The van der Waals surface area contributed by atoms with Crippen molar-refractivity contribution in [1.82, 2.24) is 9.13 Å². The first-order valence-electron chi connectivity index (χ1n) is 33.9. The smallest absolute Gasteiger partial charge is 0.142 e. The van der Waals surface area contributed by atoms with Crippen molar-refractivity contribution < 1.29 is 8.83 Å². The SMILES string of the molecule is CC1(C)c2cc(-c3cccc4c3sc3ccc(-n5c6ccccc6c6c7c(c8oc9ccccc9c8c65)C(C)(C)c5ccccc5-7)cc34)ccc2-c2c1c1oc3ccccc3c1c1c2c2c(n1-c1ccc3c(c1)C(c1ccccc1)(c1ccccc1)c1ccccc1-3)CCC=C2. The van der Waals surface area contributed by atoms with Crippen molar-refractivity contribution >= 4 is 114 Å². The van der Waals surface area contributed by atoms with E-state index in [1.165, 1.54) is 170 Å². The highest BCUT2D eigenvalue weighted by Gasteiger charge is 2.48. The second kappa shape index (κ2) is 18.6. The zero-order valence-corrected chi connectivity index (χ0v) is 54.3. The van der Waals surface area contributed by atoms with Crippen molar-refractivity contribution in [2.24, 2.45) is 0 Å². The van der Waals surface area contributed by atoms with Crippen molar-refractivity contribution in [1.29, 1.82) is 0 Å². The van der Waals surface area contributed by atoms with Crippen molar-refractivity contribution in [3.8, 4) is 55.9 Å². The van der Waals surface area contributed by atoms with E-state index in [4.69, 9.17) is 8.83 Å². The van der Waals surface area contributed by atoms with Gasteiger partial charge in [0.25, 0.3) is 0 Å². The van der Waals surface area contributed by atoms with E-state index in [0.29, 0.717) is 0 Å². The Bertz CT molecular complexity index is 6530. The van der Waals surface area contributed by atoms with Gasteiger partial charge < -0.3 is 18.0 Å². The minimum atomic E-state index is -0.541. The zero-order valence-electron chi connectivity index (χ0n) is 53.4. The summed E-state index contributed by atoms with van der Waals surface area (Å²) in [6.45, 7) is 9.62. The normalized spacial score (nSPS) is 15.2. The van der Waals surface area contributed by atoms with Crippen molar-refractivity contribution in [2.45, 2.75) is 56.8 Å². The molecule has 4 aliphatic carbocycles. The molecule has 18 aromatic rings. The van der Waals surface area contributed by atoms with Crippen LogP contribution in [-0.2, 0) is 22.7 Å². The van der Waals surface area contributed by atoms with Crippen LogP contribution in [0.1, 0.15) is 89.9 Å². The summed E-state index contributed by atoms with van der Waals surface area (Å²) in [4.78, 5) is 0. The molecule has 5 heteroatoms. The first-order chi connectivity index (χ1) is 47.2. The Hall–Kier alpha value is -11.2. The molecule has 22 rings (SSSR count). The standard InChI is InChI=1S/C91H60N2O2S/c1-89(2)67-36-17-12-29-60(67)76-78-62-30-13-19-38-71(62)92(84(78)80-64-32-15-21-40-73(64)94-86(80)82(76)89)54-44-47-75-66(49-54)59-35-23-34-56(88(59)96-75)51-42-45-61-69(48-51)90(3,4)83-77(61)79-63-31-14-20-39-72(63)93(85(79)81-65-33-16-22-41-74(65)95-87(81)83)55-43-46-58-57-28-11-18-37-68(57)91(70(58)50-55,52-24-7-5-8-25-52)53-26-9-6-10-27-53/h5-19,21-38,40-50H,20,39H2,1-4H3. The molecule has 0 radical (unpaired) electrons. The summed E-state index contributed by atoms with van der Waals surface area (Å²) in [5.74, 6) is 0. The minimum Gasteiger partial charge on any atom is -0.456 e. The Kier molecular flexibility index (Phi) is 10.3. The summed E-state index contributed by atoms with van der Waals surface area (Å²) < 4.78 is 22.3. The highest BCUT2D eigenvalue weighted by Crippen LogP contribution is 2.62. The number of allylic oxidation sites excluding steroid dienone is 1. The van der Waals surface area contributed by atoms with Crippen molar-refractivity contribution in [3.63, 3.8) is 0 Å². The number of thiophene rings is 1. The van der Waals surface area contributed by atoms with E-state index >= 15 is 0 Å². The molecule has 0 aliphatic heterocycles. The van der Waals surface area contributed by atoms with E-state index in [-0.39, 0.29) is 5.41 Å². The Morgan fingerprint density at radius 3 is 1.69 bits per heavy atom. The minimum absolute atomic E-state index is 0.266. The Balaban J connectivity index is 0.746. The molecule has 13 aromatic carbocycles. The molecule has 0 unspecified atom stereocenters. The lowest BCUT2D eigenvalue weighted by Crippen LogP contribution is -2.28. The Morgan fingerprint density at radius 1 is 0.396 bits per heavy atom. The van der Waals surface area contributed by atoms with Crippen LogP contribution in [0.25, 0.3) is 159 Å². The lowest BCUT2D eigenvalue weighted by molar-refractivity contribution is 0.620. The van der Waals surface area contributed by atoms with Crippen LogP contribution in [0.2, 0.25) is 0 Å². The van der Waals surface area contributed by atoms with E-state index in [0.717, 1.165) is 51.6 Å². The molecule has 452 valence electrons. The van der Waals surface area contributed by atoms with E-state index in [9.17, 15) is 0 Å². The first kappa shape index (κ1) is 53.2. The number of benzene rings is 13. The van der Waals surface area contributed by atoms with Crippen molar-refractivity contribution in [3.05, 3.63) is 317 Å². The van der Waals surface area contributed by atoms with Crippen LogP contribution in [0.15, 0.2) is 270 Å². The number of aromatic nitrogens is 2. The summed E-state index contributed by atoms with van der Waals surface area (Å²) in [5, 5.41) is 11.0. The fraction of sp³-hybridized carbons (Fsp3) is 0.0989. The highest BCUT2D eigenvalue weighted by atomic mass is 32.1. The van der Waals surface area contributed by atoms with Gasteiger partial charge in [0, 0.05) is 91.7 Å². The maximum absolute atomic E-state index is 7.39. The summed E-state index contributed by atoms with van der Waals surface area (Å²) in [6.07, 6.45) is 6.72. The van der Waals surface area contributed by atoms with E-state index in [1.807, 2.05) is 11.3 Å². The van der Waals surface area contributed by atoms with Gasteiger partial charge in [-0.3, -0.25) is 0 Å². The van der Waals surface area contributed by atoms with Gasteiger partial charge in [-0.2, -0.15) is 0 Å². The predicted octanol–water partition coefficient (Wildman–Crippen LogP) is 24.5. The van der Waals surface area contributed by atoms with Gasteiger partial charge in [-0.05, 0) is 145 Å². The number of nitrogens with zero attached hydrogens (tertiary/aromatic N) is 2. The molecule has 4 nitrogen and oxygen atoms in total. The predicted molar refractivity (Wildman–Crippen MR) is 400 cm³/mol. The summed E-state index contributed by atoms with van der Waals surface area (Å²) in [5.41, 5.74) is 31.6. The van der Waals surface area contributed by atoms with Gasteiger partial charge in [0.1, 0.15) is 22.3 Å². The molecular weight excluding hydrogens is 1190 g/mol. The average Bonchev–Trinajstić information content (AvgIpc) is 1.52. The van der Waals surface area contributed by atoms with Gasteiger partial charge in [-0.1, -0.05) is 240 Å². The maximum atomic E-state index is 7.39. The molecule has 0 bridgehead atoms. The van der Waals surface area contributed by atoms with Gasteiger partial charge >= 0.3 is 0 Å². The summed E-state index contributed by atoms with van der Waals surface area (Å²) in [6, 6.07) is 95.8. The molecule has 5 heterocycles. The van der Waals surface area contributed by atoms with Crippen LogP contribution in [0, 0.1) is 0 Å². The third-order valence-electron chi connectivity index (χ3n) is 23.0. The van der Waals surface area contributed by atoms with Crippen LogP contribution in [-0.4, -0.2) is 9.13 Å². The van der Waals surface area contributed by atoms with E-state index in [2.05, 4.69) is 304 Å². The molecule has 0 atom stereocenters. The van der Waals surface area contributed by atoms with Crippen LogP contribution in [0.5, 0.6) is 0 Å². The third-order valence-corrected chi connectivity index (χ3v) is 24.2. The number of hydrogen-bond donors (Lipinski definition) is 0. The maximum Gasteiger partial charge on any atom is 0.142 e. The second-order valence-electron chi connectivity index (χ2n) is 28.3. The molecular formula is C91H60N2O2S. The van der Waals surface area contributed by atoms with Crippen LogP contribution in [0.3, 0.4) is 0 Å². The van der Waals surface area contributed by atoms with Crippen LogP contribution in [0.4, 0.5) is 0 Å². The molecule has 0 saturated heterocycles. The Labute approximate surface area is 557 Å². The van der Waals surface area contributed by atoms with Gasteiger partial charge in [0.05, 0.1) is 32.7 Å². The quantitative estimate of drug-likeness (QED) is 0.172. The molecule has 0 N–H and O–H groups in total. The van der Waals surface area contributed by atoms with Crippen LogP contribution >= 0.6 is 11.3 Å².